The Labute approximate surface area is 151 Å². The number of nitro groups is 1. The van der Waals surface area contributed by atoms with Crippen molar-refractivity contribution in [1.29, 1.82) is 0 Å². The molecule has 0 atom stereocenters. The second kappa shape index (κ2) is 6.16. The van der Waals surface area contributed by atoms with Gasteiger partial charge in [0.05, 0.1) is 9.46 Å². The molecule has 0 N–H and O–H groups in total. The summed E-state index contributed by atoms with van der Waals surface area (Å²) < 4.78 is 1.99. The predicted molar refractivity (Wildman–Crippen MR) is 99.2 cm³/mol. The number of nitrogens with zero attached hydrogens (tertiary/aromatic N) is 4. The fourth-order valence-electron chi connectivity index (χ4n) is 2.68. The van der Waals surface area contributed by atoms with Crippen molar-refractivity contribution in [3.8, 4) is 11.4 Å². The summed E-state index contributed by atoms with van der Waals surface area (Å²) >= 11 is 1.24. The highest BCUT2D eigenvalue weighted by Crippen LogP contribution is 2.19. The lowest BCUT2D eigenvalue weighted by Crippen LogP contribution is -2.23. The van der Waals surface area contributed by atoms with Crippen molar-refractivity contribution in [1.82, 2.24) is 14.6 Å². The number of hydrogen-bond donors (Lipinski definition) is 0. The van der Waals surface area contributed by atoms with Crippen LogP contribution in [0, 0.1) is 17.0 Å². The molecule has 2 aromatic heterocycles. The van der Waals surface area contributed by atoms with Crippen LogP contribution in [0.3, 0.4) is 0 Å². The Morgan fingerprint density at radius 1 is 1.15 bits per heavy atom. The van der Waals surface area contributed by atoms with Gasteiger partial charge in [-0.25, -0.2) is 4.40 Å². The molecule has 26 heavy (non-hydrogen) atoms. The molecule has 0 unspecified atom stereocenters. The van der Waals surface area contributed by atoms with Gasteiger partial charge >= 0.3 is 0 Å². The van der Waals surface area contributed by atoms with Gasteiger partial charge in [0.2, 0.25) is 4.96 Å². The van der Waals surface area contributed by atoms with Crippen LogP contribution in [0.4, 0.5) is 5.69 Å². The predicted octanol–water partition coefficient (Wildman–Crippen LogP) is 2.58. The van der Waals surface area contributed by atoms with Crippen LogP contribution >= 0.6 is 11.3 Å². The number of rotatable bonds is 3. The van der Waals surface area contributed by atoms with Crippen LogP contribution in [-0.2, 0) is 0 Å². The lowest BCUT2D eigenvalue weighted by atomic mass is 10.1. The minimum Gasteiger partial charge on any atom is -0.267 e. The Bertz CT molecular complexity index is 1240. The number of hydrogen-bond acceptors (Lipinski definition) is 6. The van der Waals surface area contributed by atoms with E-state index in [-0.39, 0.29) is 11.2 Å². The molecule has 0 saturated carbocycles. The minimum atomic E-state index is -0.457. The van der Waals surface area contributed by atoms with Crippen LogP contribution < -0.4 is 10.1 Å². The second-order valence-electron chi connectivity index (χ2n) is 5.78. The summed E-state index contributed by atoms with van der Waals surface area (Å²) in [4.78, 5) is 23.6. The third-order valence-corrected chi connectivity index (χ3v) is 4.89. The van der Waals surface area contributed by atoms with E-state index in [9.17, 15) is 14.9 Å². The average Bonchev–Trinajstić information content (AvgIpc) is 3.16. The molecule has 0 radical (unpaired) electrons. The number of fused-ring (bicyclic) bond motifs is 1. The third-order valence-electron chi connectivity index (χ3n) is 3.93. The molecule has 0 bridgehead atoms. The molecule has 4 rings (SSSR count). The third kappa shape index (κ3) is 2.76. The van der Waals surface area contributed by atoms with Crippen LogP contribution in [0.25, 0.3) is 22.4 Å². The van der Waals surface area contributed by atoms with Gasteiger partial charge in [-0.1, -0.05) is 35.1 Å². The summed E-state index contributed by atoms with van der Waals surface area (Å²) in [6, 6.07) is 13.8. The van der Waals surface area contributed by atoms with E-state index in [0.29, 0.717) is 20.9 Å². The molecule has 0 fully saturated rings. The second-order valence-corrected chi connectivity index (χ2v) is 6.78. The van der Waals surface area contributed by atoms with Crippen molar-refractivity contribution < 1.29 is 4.92 Å². The fourth-order valence-corrected chi connectivity index (χ4v) is 3.59. The molecule has 0 spiro atoms. The van der Waals surface area contributed by atoms with Crippen molar-refractivity contribution >= 4 is 28.1 Å². The largest absolute Gasteiger partial charge is 0.276 e. The Kier molecular flexibility index (Phi) is 3.81. The molecule has 2 aromatic carbocycles. The van der Waals surface area contributed by atoms with Gasteiger partial charge in [-0.3, -0.25) is 14.9 Å². The Morgan fingerprint density at radius 3 is 2.62 bits per heavy atom. The monoisotopic (exact) mass is 364 g/mol. The summed E-state index contributed by atoms with van der Waals surface area (Å²) in [7, 11) is 0. The number of non-ortho nitro benzene ring substituents is 1. The van der Waals surface area contributed by atoms with Gasteiger partial charge in [0.25, 0.3) is 11.2 Å². The summed E-state index contributed by atoms with van der Waals surface area (Å²) in [5.74, 6) is 0.508. The van der Waals surface area contributed by atoms with Gasteiger partial charge in [-0.15, -0.1) is 10.2 Å². The van der Waals surface area contributed by atoms with E-state index in [1.54, 1.807) is 18.2 Å². The smallest absolute Gasteiger partial charge is 0.267 e. The molecule has 2 heterocycles. The van der Waals surface area contributed by atoms with E-state index in [1.807, 2.05) is 31.2 Å². The summed E-state index contributed by atoms with van der Waals surface area (Å²) in [5, 5.41) is 19.0. The Morgan fingerprint density at radius 2 is 1.92 bits per heavy atom. The first-order valence-electron chi connectivity index (χ1n) is 7.74. The van der Waals surface area contributed by atoms with Gasteiger partial charge in [0, 0.05) is 17.7 Å². The summed E-state index contributed by atoms with van der Waals surface area (Å²) in [6.45, 7) is 1.97. The first-order valence-corrected chi connectivity index (χ1v) is 8.56. The molecule has 8 heteroatoms. The zero-order valence-corrected chi connectivity index (χ0v) is 14.4. The van der Waals surface area contributed by atoms with E-state index < -0.39 is 4.92 Å². The zero-order valence-electron chi connectivity index (χ0n) is 13.6. The maximum Gasteiger partial charge on any atom is 0.276 e. The van der Waals surface area contributed by atoms with E-state index in [1.165, 1.54) is 27.9 Å². The Balaban J connectivity index is 1.84. The number of nitro benzene ring substituents is 1. The molecular weight excluding hydrogens is 352 g/mol. The van der Waals surface area contributed by atoms with E-state index >= 15 is 0 Å². The normalized spacial score (nSPS) is 12.0. The molecule has 0 amide bonds. The maximum absolute atomic E-state index is 12.8. The van der Waals surface area contributed by atoms with Crippen molar-refractivity contribution in [3.63, 3.8) is 0 Å². The molecule has 0 aliphatic carbocycles. The first kappa shape index (κ1) is 16.1. The highest BCUT2D eigenvalue weighted by Gasteiger charge is 2.14. The average molecular weight is 364 g/mol. The highest BCUT2D eigenvalue weighted by molar-refractivity contribution is 7.15. The number of aromatic nitrogens is 3. The minimum absolute atomic E-state index is 0.0106. The molecule has 0 aliphatic rings. The topological polar surface area (TPSA) is 90.4 Å². The standard InChI is InChI=1S/C18H12N4O3S/c1-11-3-2-4-13(9-11)16-19-20-18-21(16)17(23)15(26-18)10-12-5-7-14(8-6-12)22(24)25/h2-10H,1H3/b15-10-. The zero-order chi connectivity index (χ0) is 18.3. The van der Waals surface area contributed by atoms with Gasteiger partial charge in [0.15, 0.2) is 5.82 Å². The molecule has 7 nitrogen and oxygen atoms in total. The van der Waals surface area contributed by atoms with Crippen molar-refractivity contribution in [3.05, 3.63) is 84.7 Å². The summed E-state index contributed by atoms with van der Waals surface area (Å²) in [5.41, 5.74) is 2.41. The van der Waals surface area contributed by atoms with Crippen LogP contribution in [0.5, 0.6) is 0 Å². The van der Waals surface area contributed by atoms with Crippen LogP contribution in [0.1, 0.15) is 11.1 Å². The number of aryl methyl sites for hydroxylation is 1. The highest BCUT2D eigenvalue weighted by atomic mass is 32.1. The lowest BCUT2D eigenvalue weighted by molar-refractivity contribution is -0.384. The quantitative estimate of drug-likeness (QED) is 0.412. The van der Waals surface area contributed by atoms with Gasteiger partial charge in [-0.2, -0.15) is 0 Å². The van der Waals surface area contributed by atoms with Crippen molar-refractivity contribution in [2.45, 2.75) is 6.92 Å². The summed E-state index contributed by atoms with van der Waals surface area (Å²) in [6.07, 6.45) is 1.70. The van der Waals surface area contributed by atoms with Crippen LogP contribution in [0.15, 0.2) is 53.3 Å². The number of thiazole rings is 1. The van der Waals surface area contributed by atoms with Gasteiger partial charge < -0.3 is 0 Å². The van der Waals surface area contributed by atoms with E-state index in [0.717, 1.165) is 11.1 Å². The van der Waals surface area contributed by atoms with Crippen molar-refractivity contribution in [2.75, 3.05) is 0 Å². The fraction of sp³-hybridized carbons (Fsp3) is 0.0556. The van der Waals surface area contributed by atoms with Crippen molar-refractivity contribution in [2.24, 2.45) is 0 Å². The maximum atomic E-state index is 12.8. The molecule has 4 aromatic rings. The molecular formula is C18H12N4O3S. The van der Waals surface area contributed by atoms with E-state index in [2.05, 4.69) is 10.2 Å². The van der Waals surface area contributed by atoms with Crippen LogP contribution in [0.2, 0.25) is 0 Å². The lowest BCUT2D eigenvalue weighted by Gasteiger charge is -1.98. The number of benzene rings is 2. The molecule has 0 saturated heterocycles. The Hall–Kier alpha value is -3.39. The van der Waals surface area contributed by atoms with Gasteiger partial charge in [0.1, 0.15) is 0 Å². The molecule has 128 valence electrons. The van der Waals surface area contributed by atoms with E-state index in [4.69, 9.17) is 0 Å². The van der Waals surface area contributed by atoms with Gasteiger partial charge in [-0.05, 0) is 36.8 Å². The first-order chi connectivity index (χ1) is 12.5. The molecule has 0 aliphatic heterocycles. The van der Waals surface area contributed by atoms with Crippen LogP contribution in [-0.4, -0.2) is 19.5 Å². The SMILES string of the molecule is Cc1cccc(-c2nnc3s/c(=C\c4ccc([N+](=O)[O-])cc4)c(=O)n23)c1.